The number of likely N-dealkylation sites (tertiary alicyclic amines) is 2. The number of hydrogen-bond donors (Lipinski definition) is 2. The fourth-order valence-electron chi connectivity index (χ4n) is 7.01. The van der Waals surface area contributed by atoms with Gasteiger partial charge in [0.25, 0.3) is 0 Å². The summed E-state index contributed by atoms with van der Waals surface area (Å²) in [5, 5.41) is 12.9. The minimum Gasteiger partial charge on any atom is -0.480 e. The number of piperidine rings is 1. The number of fused-ring (bicyclic) bond motifs is 3. The van der Waals surface area contributed by atoms with E-state index >= 15 is 0 Å². The van der Waals surface area contributed by atoms with E-state index in [2.05, 4.69) is 46.6 Å². The summed E-state index contributed by atoms with van der Waals surface area (Å²) < 4.78 is 5.84. The molecule has 2 N–H and O–H groups in total. The lowest BCUT2D eigenvalue weighted by atomic mass is 9.72. The van der Waals surface area contributed by atoms with E-state index in [-0.39, 0.29) is 18.4 Å². The number of carbonyl (C=O) groups excluding carboxylic acids is 2. The monoisotopic (exact) mass is 567 g/mol. The Morgan fingerprint density at radius 1 is 0.881 bits per heavy atom. The Labute approximate surface area is 246 Å². The summed E-state index contributed by atoms with van der Waals surface area (Å²) in [5.74, 6) is -1.48. The molecule has 2 heterocycles. The molecule has 0 aromatic heterocycles. The summed E-state index contributed by atoms with van der Waals surface area (Å²) in [6.07, 6.45) is 0.0755. The molecule has 3 aromatic rings. The van der Waals surface area contributed by atoms with Crippen LogP contribution < -0.4 is 5.32 Å². The quantitative estimate of drug-likeness (QED) is 0.422. The minimum absolute atomic E-state index is 0.102. The van der Waals surface area contributed by atoms with Gasteiger partial charge in [0.15, 0.2) is 0 Å². The highest BCUT2D eigenvalue weighted by Crippen LogP contribution is 2.45. The molecule has 2 fully saturated rings. The molecule has 0 spiro atoms. The number of aliphatic carboxylic acids is 1. The lowest BCUT2D eigenvalue weighted by Crippen LogP contribution is -2.73. The van der Waals surface area contributed by atoms with Crippen LogP contribution in [-0.4, -0.2) is 70.7 Å². The van der Waals surface area contributed by atoms with Crippen LogP contribution in [0.2, 0.25) is 0 Å². The van der Waals surface area contributed by atoms with E-state index in [9.17, 15) is 19.5 Å². The number of nitrogens with zero attached hydrogens (tertiary/aromatic N) is 2. The summed E-state index contributed by atoms with van der Waals surface area (Å²) in [4.78, 5) is 43.3. The van der Waals surface area contributed by atoms with E-state index in [1.807, 2.05) is 56.3 Å². The maximum absolute atomic E-state index is 14.1. The second kappa shape index (κ2) is 10.9. The first kappa shape index (κ1) is 28.0. The molecular formula is C34H37N3O5. The molecule has 1 aliphatic carbocycles. The van der Waals surface area contributed by atoms with E-state index in [1.54, 1.807) is 0 Å². The van der Waals surface area contributed by atoms with Gasteiger partial charge in [-0.05, 0) is 40.7 Å². The predicted molar refractivity (Wildman–Crippen MR) is 159 cm³/mol. The molecule has 8 nitrogen and oxygen atoms in total. The van der Waals surface area contributed by atoms with Crippen molar-refractivity contribution in [2.24, 2.45) is 5.41 Å². The van der Waals surface area contributed by atoms with E-state index in [1.165, 1.54) is 10.5 Å². The number of carboxylic acid groups (broad SMARTS) is 1. The Balaban J connectivity index is 1.19. The normalized spacial score (nSPS) is 20.6. The van der Waals surface area contributed by atoms with Crippen LogP contribution in [0.1, 0.15) is 49.3 Å². The Hall–Kier alpha value is -4.17. The third-order valence-electron chi connectivity index (χ3n) is 9.18. The van der Waals surface area contributed by atoms with Gasteiger partial charge in [-0.1, -0.05) is 92.7 Å². The summed E-state index contributed by atoms with van der Waals surface area (Å²) in [6.45, 7) is 6.07. The highest BCUT2D eigenvalue weighted by atomic mass is 16.5. The molecule has 8 heteroatoms. The van der Waals surface area contributed by atoms with E-state index < -0.39 is 29.1 Å². The SMILES string of the molecule is CC1(C)CN(C(=O)C2(NC(=O)OCC3c4ccccc4-c4ccccc43)CCN(Cc3ccccc3)CC2)C1C(=O)O. The number of ether oxygens (including phenoxy) is 1. The zero-order chi connectivity index (χ0) is 29.5. The maximum atomic E-state index is 14.1. The van der Waals surface area contributed by atoms with Crippen molar-refractivity contribution in [3.63, 3.8) is 0 Å². The van der Waals surface area contributed by atoms with Crippen molar-refractivity contribution in [2.45, 2.75) is 50.7 Å². The van der Waals surface area contributed by atoms with Gasteiger partial charge in [0.05, 0.1) is 0 Å². The average Bonchev–Trinajstić information content (AvgIpc) is 3.29. The second-order valence-corrected chi connectivity index (χ2v) is 12.5. The first-order valence-electron chi connectivity index (χ1n) is 14.6. The van der Waals surface area contributed by atoms with Crippen LogP contribution in [0, 0.1) is 5.41 Å². The molecule has 0 bridgehead atoms. The molecular weight excluding hydrogens is 530 g/mol. The van der Waals surface area contributed by atoms with Gasteiger partial charge in [-0.15, -0.1) is 0 Å². The van der Waals surface area contributed by atoms with E-state index in [0.717, 1.165) is 28.8 Å². The van der Waals surface area contributed by atoms with Gasteiger partial charge in [-0.25, -0.2) is 9.59 Å². The van der Waals surface area contributed by atoms with Crippen molar-refractivity contribution in [1.82, 2.24) is 15.1 Å². The van der Waals surface area contributed by atoms with Gasteiger partial charge in [-0.2, -0.15) is 0 Å². The fourth-order valence-corrected chi connectivity index (χ4v) is 7.01. The Morgan fingerprint density at radius 2 is 1.45 bits per heavy atom. The molecule has 6 rings (SSSR count). The second-order valence-electron chi connectivity index (χ2n) is 12.5. The third kappa shape index (κ3) is 5.04. The Bertz CT molecular complexity index is 1450. The molecule has 1 atom stereocenters. The fraction of sp³-hybridized carbons (Fsp3) is 0.382. The summed E-state index contributed by atoms with van der Waals surface area (Å²) >= 11 is 0. The van der Waals surface area contributed by atoms with Crippen molar-refractivity contribution in [2.75, 3.05) is 26.2 Å². The van der Waals surface area contributed by atoms with Crippen LogP contribution in [0.25, 0.3) is 11.1 Å². The maximum Gasteiger partial charge on any atom is 0.408 e. The van der Waals surface area contributed by atoms with E-state index in [4.69, 9.17) is 4.74 Å². The molecule has 1 unspecified atom stereocenters. The van der Waals surface area contributed by atoms with Crippen LogP contribution >= 0.6 is 0 Å². The summed E-state index contributed by atoms with van der Waals surface area (Å²) in [5.41, 5.74) is 3.90. The highest BCUT2D eigenvalue weighted by Gasteiger charge is 2.57. The first-order chi connectivity index (χ1) is 20.2. The van der Waals surface area contributed by atoms with Gasteiger partial charge < -0.3 is 20.1 Å². The lowest BCUT2D eigenvalue weighted by Gasteiger charge is -2.55. The van der Waals surface area contributed by atoms with Gasteiger partial charge in [0.1, 0.15) is 18.2 Å². The molecule has 0 radical (unpaired) electrons. The van der Waals surface area contributed by atoms with Gasteiger partial charge in [0.2, 0.25) is 5.91 Å². The largest absolute Gasteiger partial charge is 0.480 e. The predicted octanol–water partition coefficient (Wildman–Crippen LogP) is 4.88. The number of carboxylic acids is 1. The number of amides is 2. The van der Waals surface area contributed by atoms with Crippen LogP contribution in [0.5, 0.6) is 0 Å². The molecule has 2 aliphatic heterocycles. The first-order valence-corrected chi connectivity index (χ1v) is 14.6. The van der Waals surface area contributed by atoms with E-state index in [0.29, 0.717) is 32.5 Å². The molecule has 0 saturated carbocycles. The Morgan fingerprint density at radius 3 is 2.02 bits per heavy atom. The molecule has 2 saturated heterocycles. The van der Waals surface area contributed by atoms with Gasteiger partial charge in [-0.3, -0.25) is 9.69 Å². The molecule has 2 amide bonds. The number of nitrogens with one attached hydrogen (secondary N) is 1. The number of alkyl carbamates (subject to hydrolysis) is 1. The van der Waals surface area contributed by atoms with Crippen LogP contribution in [0.4, 0.5) is 4.79 Å². The molecule has 42 heavy (non-hydrogen) atoms. The topological polar surface area (TPSA) is 99.2 Å². The number of benzene rings is 3. The zero-order valence-corrected chi connectivity index (χ0v) is 24.1. The molecule has 3 aromatic carbocycles. The third-order valence-corrected chi connectivity index (χ3v) is 9.18. The lowest BCUT2D eigenvalue weighted by molar-refractivity contribution is -0.176. The highest BCUT2D eigenvalue weighted by molar-refractivity contribution is 5.94. The summed E-state index contributed by atoms with van der Waals surface area (Å²) in [6, 6.07) is 25.5. The van der Waals surface area contributed by atoms with Crippen LogP contribution in [-0.2, 0) is 20.9 Å². The van der Waals surface area contributed by atoms with Crippen LogP contribution in [0.15, 0.2) is 78.9 Å². The Kier molecular flexibility index (Phi) is 7.27. The van der Waals surface area contributed by atoms with Crippen molar-refractivity contribution < 1.29 is 24.2 Å². The average molecular weight is 568 g/mol. The number of rotatable bonds is 7. The number of hydrogen-bond acceptors (Lipinski definition) is 5. The van der Waals surface area contributed by atoms with Crippen molar-refractivity contribution in [3.05, 3.63) is 95.6 Å². The zero-order valence-electron chi connectivity index (χ0n) is 24.1. The standard InChI is InChI=1S/C34H37N3O5/c1-33(2)22-37(29(33)30(38)39)31(40)34(16-18-36(19-17-34)20-23-10-4-3-5-11-23)35-32(41)42-21-28-26-14-8-6-12-24(26)25-13-7-9-15-27(25)28/h3-15,28-29H,16-22H2,1-2H3,(H,35,41)(H,38,39). The number of carbonyl (C=O) groups is 3. The van der Waals surface area contributed by atoms with Gasteiger partial charge >= 0.3 is 12.1 Å². The summed E-state index contributed by atoms with van der Waals surface area (Å²) in [7, 11) is 0. The molecule has 3 aliphatic rings. The van der Waals surface area contributed by atoms with Crippen molar-refractivity contribution >= 4 is 18.0 Å². The van der Waals surface area contributed by atoms with Crippen molar-refractivity contribution in [3.8, 4) is 11.1 Å². The smallest absolute Gasteiger partial charge is 0.408 e. The minimum atomic E-state index is -1.24. The van der Waals surface area contributed by atoms with Crippen molar-refractivity contribution in [1.29, 1.82) is 0 Å². The van der Waals surface area contributed by atoms with Gasteiger partial charge in [0, 0.05) is 37.5 Å². The van der Waals surface area contributed by atoms with Crippen LogP contribution in [0.3, 0.4) is 0 Å². The molecule has 218 valence electrons.